The molecule has 0 amide bonds. The Morgan fingerprint density at radius 2 is 2.12 bits per heavy atom. The van der Waals surface area contributed by atoms with Gasteiger partial charge < -0.3 is 24.6 Å². The lowest BCUT2D eigenvalue weighted by Gasteiger charge is -2.25. The molecule has 3 rings (SSSR count). The molecule has 1 aromatic heterocycles. The van der Waals surface area contributed by atoms with E-state index in [1.165, 1.54) is 9.78 Å². The van der Waals surface area contributed by atoms with E-state index in [1.54, 1.807) is 11.3 Å². The normalized spacial score (nSPS) is 12.4. The molecule has 2 N–H and O–H groups in total. The van der Waals surface area contributed by atoms with Gasteiger partial charge in [-0.15, -0.1) is 11.3 Å². The SMILES string of the molecule is C[NH+](C)CCCN(Cc1cccs1)C(=S)NCc1ccc2c(c1)OCO2. The molecule has 26 heavy (non-hydrogen) atoms. The molecule has 0 saturated carbocycles. The van der Waals surface area contributed by atoms with Crippen molar-refractivity contribution in [3.63, 3.8) is 0 Å². The topological polar surface area (TPSA) is 38.2 Å². The third kappa shape index (κ3) is 5.33. The van der Waals surface area contributed by atoms with Gasteiger partial charge in [-0.05, 0) is 41.4 Å². The van der Waals surface area contributed by atoms with E-state index in [9.17, 15) is 0 Å². The minimum Gasteiger partial charge on any atom is -0.454 e. The predicted octanol–water partition coefficient (Wildman–Crippen LogP) is 1.89. The number of benzene rings is 1. The number of hydrogen-bond donors (Lipinski definition) is 2. The van der Waals surface area contributed by atoms with E-state index in [-0.39, 0.29) is 0 Å². The van der Waals surface area contributed by atoms with Crippen molar-refractivity contribution in [2.24, 2.45) is 0 Å². The Morgan fingerprint density at radius 3 is 2.88 bits per heavy atom. The van der Waals surface area contributed by atoms with Crippen molar-refractivity contribution in [3.8, 4) is 11.5 Å². The van der Waals surface area contributed by atoms with Crippen LogP contribution in [0.1, 0.15) is 16.9 Å². The Hall–Kier alpha value is -1.83. The first-order valence-corrected chi connectivity index (χ1v) is 10.1. The van der Waals surface area contributed by atoms with E-state index in [1.807, 2.05) is 18.2 Å². The number of fused-ring (bicyclic) bond motifs is 1. The second-order valence-electron chi connectivity index (χ2n) is 6.66. The molecule has 5 nitrogen and oxygen atoms in total. The van der Waals surface area contributed by atoms with Crippen molar-refractivity contribution < 1.29 is 14.4 Å². The van der Waals surface area contributed by atoms with Crippen LogP contribution in [0, 0.1) is 0 Å². The zero-order valence-corrected chi connectivity index (χ0v) is 16.9. The van der Waals surface area contributed by atoms with Gasteiger partial charge in [0.2, 0.25) is 6.79 Å². The molecule has 0 aliphatic carbocycles. The third-order valence-corrected chi connectivity index (χ3v) is 5.46. The lowest BCUT2D eigenvalue weighted by Crippen LogP contribution is -3.05. The van der Waals surface area contributed by atoms with E-state index in [4.69, 9.17) is 21.7 Å². The Morgan fingerprint density at radius 1 is 1.27 bits per heavy atom. The van der Waals surface area contributed by atoms with Crippen LogP contribution in [-0.2, 0) is 13.1 Å². The summed E-state index contributed by atoms with van der Waals surface area (Å²) >= 11 is 7.45. The van der Waals surface area contributed by atoms with Crippen LogP contribution in [0.25, 0.3) is 0 Å². The molecule has 140 valence electrons. The molecule has 0 atom stereocenters. The molecule has 0 bridgehead atoms. The lowest BCUT2D eigenvalue weighted by atomic mass is 10.2. The largest absolute Gasteiger partial charge is 0.454 e. The van der Waals surface area contributed by atoms with Crippen LogP contribution in [0.4, 0.5) is 0 Å². The molecule has 0 fully saturated rings. The molecular weight excluding hydrogens is 366 g/mol. The number of quaternary nitrogens is 1. The Balaban J connectivity index is 1.56. The average molecular weight is 393 g/mol. The van der Waals surface area contributed by atoms with Gasteiger partial charge in [0.1, 0.15) is 0 Å². The van der Waals surface area contributed by atoms with Crippen LogP contribution in [0.3, 0.4) is 0 Å². The maximum Gasteiger partial charge on any atom is 0.231 e. The van der Waals surface area contributed by atoms with E-state index in [0.717, 1.165) is 48.2 Å². The fourth-order valence-electron chi connectivity index (χ4n) is 2.81. The summed E-state index contributed by atoms with van der Waals surface area (Å²) in [6.45, 7) is 3.91. The van der Waals surface area contributed by atoms with Gasteiger partial charge in [0, 0.05) is 24.4 Å². The van der Waals surface area contributed by atoms with Gasteiger partial charge in [-0.25, -0.2) is 0 Å². The van der Waals surface area contributed by atoms with Gasteiger partial charge >= 0.3 is 0 Å². The molecule has 1 aromatic carbocycles. The van der Waals surface area contributed by atoms with Gasteiger partial charge in [-0.2, -0.15) is 0 Å². The number of nitrogens with one attached hydrogen (secondary N) is 2. The van der Waals surface area contributed by atoms with Crippen molar-refractivity contribution >= 4 is 28.7 Å². The number of ether oxygens (including phenoxy) is 2. The smallest absolute Gasteiger partial charge is 0.231 e. The first-order chi connectivity index (χ1) is 12.6. The standard InChI is InChI=1S/C19H25N3O2S2/c1-21(2)8-4-9-22(13-16-5-3-10-26-16)19(25)20-12-15-6-7-17-18(11-15)24-14-23-17/h3,5-7,10-11H,4,8-9,12-14H2,1-2H3,(H,20,25)/p+1. The van der Waals surface area contributed by atoms with Crippen molar-refractivity contribution in [3.05, 3.63) is 46.2 Å². The summed E-state index contributed by atoms with van der Waals surface area (Å²) in [4.78, 5) is 5.05. The molecule has 2 heterocycles. The highest BCUT2D eigenvalue weighted by atomic mass is 32.1. The second-order valence-corrected chi connectivity index (χ2v) is 8.08. The van der Waals surface area contributed by atoms with Gasteiger partial charge in [-0.3, -0.25) is 0 Å². The minimum absolute atomic E-state index is 0.299. The van der Waals surface area contributed by atoms with Crippen LogP contribution in [0.5, 0.6) is 11.5 Å². The summed E-state index contributed by atoms with van der Waals surface area (Å²) in [6, 6.07) is 10.3. The maximum atomic E-state index is 5.68. The Kier molecular flexibility index (Phi) is 6.71. The van der Waals surface area contributed by atoms with Crippen molar-refractivity contribution in [2.75, 3.05) is 34.0 Å². The first-order valence-electron chi connectivity index (χ1n) is 8.84. The first kappa shape index (κ1) is 18.9. The third-order valence-electron chi connectivity index (χ3n) is 4.20. The zero-order valence-electron chi connectivity index (χ0n) is 15.3. The van der Waals surface area contributed by atoms with Gasteiger partial charge in [0.25, 0.3) is 0 Å². The number of thiocarbonyl (C=S) groups is 1. The lowest BCUT2D eigenvalue weighted by molar-refractivity contribution is -0.858. The minimum atomic E-state index is 0.299. The number of thiophene rings is 1. The van der Waals surface area contributed by atoms with Crippen LogP contribution in [0.15, 0.2) is 35.7 Å². The van der Waals surface area contributed by atoms with Crippen LogP contribution >= 0.6 is 23.6 Å². The molecular formula is C19H26N3O2S2+. The fraction of sp³-hybridized carbons (Fsp3) is 0.421. The fourth-order valence-corrected chi connectivity index (χ4v) is 3.75. The monoisotopic (exact) mass is 392 g/mol. The average Bonchev–Trinajstić information content (AvgIpc) is 3.29. The molecule has 1 aliphatic heterocycles. The highest BCUT2D eigenvalue weighted by Gasteiger charge is 2.15. The molecule has 1 aliphatic rings. The molecule has 0 spiro atoms. The molecule has 0 unspecified atom stereocenters. The quantitative estimate of drug-likeness (QED) is 0.671. The van der Waals surface area contributed by atoms with Crippen molar-refractivity contribution in [1.82, 2.24) is 10.2 Å². The molecule has 0 saturated heterocycles. The van der Waals surface area contributed by atoms with E-state index in [2.05, 4.69) is 41.8 Å². The number of rotatable bonds is 8. The van der Waals surface area contributed by atoms with Gasteiger partial charge in [0.15, 0.2) is 16.6 Å². The molecule has 0 radical (unpaired) electrons. The summed E-state index contributed by atoms with van der Waals surface area (Å²) in [5.74, 6) is 1.61. The molecule has 7 heteroatoms. The maximum absolute atomic E-state index is 5.68. The Labute approximate surface area is 164 Å². The summed E-state index contributed by atoms with van der Waals surface area (Å²) in [6.07, 6.45) is 1.11. The highest BCUT2D eigenvalue weighted by molar-refractivity contribution is 7.80. The van der Waals surface area contributed by atoms with Crippen LogP contribution in [0.2, 0.25) is 0 Å². The van der Waals surface area contributed by atoms with Gasteiger partial charge in [-0.1, -0.05) is 12.1 Å². The number of hydrogen-bond acceptors (Lipinski definition) is 4. The predicted molar refractivity (Wildman–Crippen MR) is 109 cm³/mol. The zero-order chi connectivity index (χ0) is 18.4. The highest BCUT2D eigenvalue weighted by Crippen LogP contribution is 2.32. The van der Waals surface area contributed by atoms with E-state index >= 15 is 0 Å². The molecule has 2 aromatic rings. The van der Waals surface area contributed by atoms with E-state index in [0.29, 0.717) is 13.3 Å². The second kappa shape index (κ2) is 9.21. The van der Waals surface area contributed by atoms with Crippen LogP contribution < -0.4 is 19.7 Å². The number of nitrogens with zero attached hydrogens (tertiary/aromatic N) is 1. The Bertz CT molecular complexity index is 720. The summed E-state index contributed by atoms with van der Waals surface area (Å²) in [5.41, 5.74) is 1.13. The summed E-state index contributed by atoms with van der Waals surface area (Å²) in [7, 11) is 4.36. The van der Waals surface area contributed by atoms with Crippen LogP contribution in [-0.4, -0.2) is 44.0 Å². The van der Waals surface area contributed by atoms with Crippen molar-refractivity contribution in [1.29, 1.82) is 0 Å². The summed E-state index contributed by atoms with van der Waals surface area (Å²) < 4.78 is 10.8. The van der Waals surface area contributed by atoms with Gasteiger partial charge in [0.05, 0.1) is 27.2 Å². The summed E-state index contributed by atoms with van der Waals surface area (Å²) in [5, 5.41) is 6.31. The van der Waals surface area contributed by atoms with Crippen molar-refractivity contribution in [2.45, 2.75) is 19.5 Å². The van der Waals surface area contributed by atoms with E-state index < -0.39 is 0 Å².